The molecule has 0 amide bonds. The maximum atomic E-state index is 8.81. The fourth-order valence-corrected chi connectivity index (χ4v) is 0.762. The van der Waals surface area contributed by atoms with Crippen molar-refractivity contribution in [2.75, 3.05) is 7.11 Å². The first-order valence-electron chi connectivity index (χ1n) is 5.01. The van der Waals surface area contributed by atoms with Crippen LogP contribution in [0.4, 0.5) is 0 Å². The minimum atomic E-state index is 0.587. The van der Waals surface area contributed by atoms with Crippen molar-refractivity contribution in [3.8, 4) is 5.75 Å². The Morgan fingerprint density at radius 1 is 1.27 bits per heavy atom. The highest BCUT2D eigenvalue weighted by Gasteiger charge is 1.89. The summed E-state index contributed by atoms with van der Waals surface area (Å²) in [4.78, 5) is 8.81. The molecule has 0 aliphatic carbocycles. The number of hydrogen-bond donors (Lipinski definition) is 1. The SMILES string of the molecule is CC.CC=O.COc1ccc(CN)cc1. The Kier molecular flexibility index (Phi) is 13.6. The Labute approximate surface area is 92.2 Å². The topological polar surface area (TPSA) is 52.3 Å². The molecule has 0 radical (unpaired) electrons. The third kappa shape index (κ3) is 8.97. The van der Waals surface area contributed by atoms with Crippen molar-refractivity contribution in [1.29, 1.82) is 0 Å². The van der Waals surface area contributed by atoms with Gasteiger partial charge in [0.15, 0.2) is 0 Å². The minimum Gasteiger partial charge on any atom is -0.497 e. The van der Waals surface area contributed by atoms with Crippen LogP contribution >= 0.6 is 0 Å². The molecule has 0 atom stereocenters. The van der Waals surface area contributed by atoms with E-state index in [0.717, 1.165) is 17.6 Å². The van der Waals surface area contributed by atoms with E-state index >= 15 is 0 Å². The number of hydrogen-bond acceptors (Lipinski definition) is 3. The van der Waals surface area contributed by atoms with Crippen LogP contribution in [0, 0.1) is 0 Å². The highest BCUT2D eigenvalue weighted by atomic mass is 16.5. The largest absolute Gasteiger partial charge is 0.497 e. The molecule has 3 nitrogen and oxygen atoms in total. The minimum absolute atomic E-state index is 0.587. The first kappa shape index (κ1) is 16.1. The van der Waals surface area contributed by atoms with Gasteiger partial charge in [-0.05, 0) is 24.6 Å². The van der Waals surface area contributed by atoms with E-state index in [1.54, 1.807) is 7.11 Å². The van der Waals surface area contributed by atoms with Crippen LogP contribution in [-0.2, 0) is 11.3 Å². The molecule has 1 rings (SSSR count). The van der Waals surface area contributed by atoms with Gasteiger partial charge in [0.25, 0.3) is 0 Å². The standard InChI is InChI=1S/C8H11NO.C2H4O.C2H6/c1-10-8-4-2-7(6-9)3-5-8;1-2-3;1-2/h2-5H,6,9H2,1H3;2H,1H3;1-2H3. The number of carbonyl (C=O) groups excluding carboxylic acids is 1. The van der Waals surface area contributed by atoms with Crippen LogP contribution in [0.15, 0.2) is 24.3 Å². The average molecular weight is 211 g/mol. The summed E-state index contributed by atoms with van der Waals surface area (Å²) in [5, 5.41) is 0. The molecule has 86 valence electrons. The molecular weight excluding hydrogens is 190 g/mol. The molecule has 15 heavy (non-hydrogen) atoms. The fourth-order valence-electron chi connectivity index (χ4n) is 0.762. The monoisotopic (exact) mass is 211 g/mol. The molecule has 1 aromatic carbocycles. The molecule has 0 saturated heterocycles. The molecule has 1 aromatic rings. The van der Waals surface area contributed by atoms with E-state index in [0.29, 0.717) is 6.54 Å². The molecule has 0 bridgehead atoms. The highest BCUT2D eigenvalue weighted by Crippen LogP contribution is 2.10. The van der Waals surface area contributed by atoms with Crippen LogP contribution in [0.2, 0.25) is 0 Å². The van der Waals surface area contributed by atoms with Gasteiger partial charge in [-0.1, -0.05) is 26.0 Å². The smallest absolute Gasteiger partial charge is 0.118 e. The van der Waals surface area contributed by atoms with E-state index in [4.69, 9.17) is 15.3 Å². The Morgan fingerprint density at radius 3 is 1.93 bits per heavy atom. The van der Waals surface area contributed by atoms with Gasteiger partial charge in [0.1, 0.15) is 12.0 Å². The van der Waals surface area contributed by atoms with Gasteiger partial charge in [-0.25, -0.2) is 0 Å². The van der Waals surface area contributed by atoms with Crippen molar-refractivity contribution in [2.45, 2.75) is 27.3 Å². The van der Waals surface area contributed by atoms with E-state index in [1.165, 1.54) is 6.92 Å². The molecule has 0 unspecified atom stereocenters. The Bertz CT molecular complexity index is 209. The lowest BCUT2D eigenvalue weighted by Crippen LogP contribution is -1.95. The second-order valence-corrected chi connectivity index (χ2v) is 2.29. The summed E-state index contributed by atoms with van der Waals surface area (Å²) >= 11 is 0. The fraction of sp³-hybridized carbons (Fsp3) is 0.417. The summed E-state index contributed by atoms with van der Waals surface area (Å²) in [6.45, 7) is 6.03. The number of nitrogens with two attached hydrogens (primary N) is 1. The van der Waals surface area contributed by atoms with Crippen molar-refractivity contribution in [2.24, 2.45) is 5.73 Å². The van der Waals surface area contributed by atoms with E-state index in [-0.39, 0.29) is 0 Å². The molecule has 0 heterocycles. The Morgan fingerprint density at radius 2 is 1.67 bits per heavy atom. The lowest BCUT2D eigenvalue weighted by atomic mass is 10.2. The number of benzene rings is 1. The van der Waals surface area contributed by atoms with Gasteiger partial charge in [-0.3, -0.25) is 0 Å². The average Bonchev–Trinajstić information content (AvgIpc) is 2.33. The van der Waals surface area contributed by atoms with E-state index < -0.39 is 0 Å². The van der Waals surface area contributed by atoms with Crippen molar-refractivity contribution in [3.05, 3.63) is 29.8 Å². The van der Waals surface area contributed by atoms with E-state index in [9.17, 15) is 0 Å². The third-order valence-corrected chi connectivity index (χ3v) is 1.39. The van der Waals surface area contributed by atoms with Gasteiger partial charge in [0.2, 0.25) is 0 Å². The van der Waals surface area contributed by atoms with E-state index in [1.807, 2.05) is 38.1 Å². The zero-order chi connectivity index (χ0) is 12.1. The summed E-state index contributed by atoms with van der Waals surface area (Å²) in [6.07, 6.45) is 0.750. The Balaban J connectivity index is 0. The number of rotatable bonds is 2. The maximum absolute atomic E-state index is 8.81. The highest BCUT2D eigenvalue weighted by molar-refractivity contribution is 5.44. The molecule has 0 fully saturated rings. The van der Waals surface area contributed by atoms with E-state index in [2.05, 4.69) is 0 Å². The van der Waals surface area contributed by atoms with Crippen LogP contribution in [0.1, 0.15) is 26.3 Å². The van der Waals surface area contributed by atoms with Crippen LogP contribution in [-0.4, -0.2) is 13.4 Å². The molecule has 0 spiro atoms. The molecule has 0 aromatic heterocycles. The summed E-state index contributed by atoms with van der Waals surface area (Å²) in [6, 6.07) is 7.72. The summed E-state index contributed by atoms with van der Waals surface area (Å²) < 4.78 is 4.97. The lowest BCUT2D eigenvalue weighted by Gasteiger charge is -1.99. The molecule has 0 saturated carbocycles. The zero-order valence-electron chi connectivity index (χ0n) is 9.99. The summed E-state index contributed by atoms with van der Waals surface area (Å²) in [7, 11) is 1.65. The first-order valence-corrected chi connectivity index (χ1v) is 5.01. The second kappa shape index (κ2) is 12.7. The summed E-state index contributed by atoms with van der Waals surface area (Å²) in [5.41, 5.74) is 6.53. The second-order valence-electron chi connectivity index (χ2n) is 2.29. The number of carbonyl (C=O) groups is 1. The Hall–Kier alpha value is -1.35. The predicted molar refractivity (Wildman–Crippen MR) is 64.0 cm³/mol. The van der Waals surface area contributed by atoms with Crippen molar-refractivity contribution >= 4 is 6.29 Å². The van der Waals surface area contributed by atoms with Crippen molar-refractivity contribution < 1.29 is 9.53 Å². The quantitative estimate of drug-likeness (QED) is 0.764. The number of aldehydes is 1. The van der Waals surface area contributed by atoms with Crippen LogP contribution in [0.5, 0.6) is 5.75 Å². The van der Waals surface area contributed by atoms with Gasteiger partial charge in [-0.15, -0.1) is 0 Å². The summed E-state index contributed by atoms with van der Waals surface area (Å²) in [5.74, 6) is 0.872. The van der Waals surface area contributed by atoms with Gasteiger partial charge >= 0.3 is 0 Å². The van der Waals surface area contributed by atoms with Crippen LogP contribution < -0.4 is 10.5 Å². The lowest BCUT2D eigenvalue weighted by molar-refractivity contribution is -0.106. The third-order valence-electron chi connectivity index (χ3n) is 1.39. The first-order chi connectivity index (χ1) is 7.28. The zero-order valence-corrected chi connectivity index (χ0v) is 9.99. The van der Waals surface area contributed by atoms with Gasteiger partial charge in [0, 0.05) is 6.54 Å². The number of methoxy groups -OCH3 is 1. The van der Waals surface area contributed by atoms with Crippen LogP contribution in [0.25, 0.3) is 0 Å². The van der Waals surface area contributed by atoms with Gasteiger partial charge in [0.05, 0.1) is 7.11 Å². The van der Waals surface area contributed by atoms with Crippen LogP contribution in [0.3, 0.4) is 0 Å². The van der Waals surface area contributed by atoms with Crippen molar-refractivity contribution in [3.63, 3.8) is 0 Å². The molecule has 0 aliphatic heterocycles. The van der Waals surface area contributed by atoms with Crippen molar-refractivity contribution in [1.82, 2.24) is 0 Å². The normalized spacial score (nSPS) is 7.53. The molecule has 2 N–H and O–H groups in total. The molecule has 0 aliphatic rings. The van der Waals surface area contributed by atoms with Gasteiger partial charge in [-0.2, -0.15) is 0 Å². The molecular formula is C12H21NO2. The van der Waals surface area contributed by atoms with Gasteiger partial charge < -0.3 is 15.3 Å². The molecule has 3 heteroatoms. The number of ether oxygens (including phenoxy) is 1. The maximum Gasteiger partial charge on any atom is 0.118 e. The predicted octanol–water partition coefficient (Wildman–Crippen LogP) is 2.39.